The fraction of sp³-hybridized carbons (Fsp3) is 0.562. The molecule has 0 N–H and O–H groups in total. The lowest BCUT2D eigenvalue weighted by Gasteiger charge is -2.24. The number of hydrogen-bond donors (Lipinski definition) is 0. The van der Waals surface area contributed by atoms with Crippen molar-refractivity contribution in [3.05, 3.63) is 29.3 Å². The lowest BCUT2D eigenvalue weighted by atomic mass is 10.1. The van der Waals surface area contributed by atoms with E-state index in [0.29, 0.717) is 23.8 Å². The summed E-state index contributed by atoms with van der Waals surface area (Å²) in [5.41, 5.74) is 1.71. The first kappa shape index (κ1) is 16.5. The number of benzene rings is 1. The summed E-state index contributed by atoms with van der Waals surface area (Å²) in [7, 11) is 3.30. The molecule has 20 heavy (non-hydrogen) atoms. The average molecular weight is 276 g/mol. The summed E-state index contributed by atoms with van der Waals surface area (Å²) in [5.74, 6) is 1.23. The van der Waals surface area contributed by atoms with E-state index in [-0.39, 0.29) is 0 Å². The second-order valence-electron chi connectivity index (χ2n) is 5.27. The molecule has 0 aliphatic rings. The molecule has 4 nitrogen and oxygen atoms in total. The van der Waals surface area contributed by atoms with Crippen LogP contribution in [0.5, 0.6) is 5.75 Å². The van der Waals surface area contributed by atoms with Gasteiger partial charge in [-0.05, 0) is 23.6 Å². The predicted molar refractivity (Wildman–Crippen MR) is 79.7 cm³/mol. The van der Waals surface area contributed by atoms with Crippen LogP contribution in [0.2, 0.25) is 0 Å². The fourth-order valence-electron chi connectivity index (χ4n) is 2.17. The molecule has 4 heteroatoms. The van der Waals surface area contributed by atoms with E-state index >= 15 is 0 Å². The lowest BCUT2D eigenvalue weighted by molar-refractivity contribution is 0.136. The summed E-state index contributed by atoms with van der Waals surface area (Å²) in [6.07, 6.45) is 0. The van der Waals surface area contributed by atoms with Gasteiger partial charge >= 0.3 is 0 Å². The Balaban J connectivity index is 2.79. The van der Waals surface area contributed by atoms with Gasteiger partial charge in [0.1, 0.15) is 11.8 Å². The van der Waals surface area contributed by atoms with Crippen LogP contribution in [0.4, 0.5) is 0 Å². The van der Waals surface area contributed by atoms with E-state index in [2.05, 4.69) is 24.8 Å². The number of hydrogen-bond acceptors (Lipinski definition) is 4. The van der Waals surface area contributed by atoms with Gasteiger partial charge in [0, 0.05) is 26.7 Å². The summed E-state index contributed by atoms with van der Waals surface area (Å²) >= 11 is 0. The molecule has 0 bridgehead atoms. The quantitative estimate of drug-likeness (QED) is 0.732. The first-order valence-corrected chi connectivity index (χ1v) is 6.89. The highest BCUT2D eigenvalue weighted by molar-refractivity contribution is 5.45. The monoisotopic (exact) mass is 276 g/mol. The Morgan fingerprint density at radius 3 is 2.60 bits per heavy atom. The third-order valence-electron chi connectivity index (χ3n) is 3.03. The third-order valence-corrected chi connectivity index (χ3v) is 3.03. The van der Waals surface area contributed by atoms with Gasteiger partial charge in [-0.15, -0.1) is 0 Å². The molecule has 0 amide bonds. The molecule has 0 fully saturated rings. The first-order valence-electron chi connectivity index (χ1n) is 6.89. The molecule has 0 aliphatic carbocycles. The molecular weight excluding hydrogens is 252 g/mol. The van der Waals surface area contributed by atoms with Gasteiger partial charge < -0.3 is 9.47 Å². The van der Waals surface area contributed by atoms with Crippen molar-refractivity contribution in [1.82, 2.24) is 4.90 Å². The maximum Gasteiger partial charge on any atom is 0.136 e. The second-order valence-corrected chi connectivity index (χ2v) is 5.27. The Hall–Kier alpha value is -1.57. The Morgan fingerprint density at radius 2 is 2.05 bits per heavy atom. The highest BCUT2D eigenvalue weighted by atomic mass is 16.5. The van der Waals surface area contributed by atoms with E-state index in [1.807, 2.05) is 18.2 Å². The van der Waals surface area contributed by atoms with E-state index in [1.165, 1.54) is 0 Å². The Morgan fingerprint density at radius 1 is 1.30 bits per heavy atom. The summed E-state index contributed by atoms with van der Waals surface area (Å²) < 4.78 is 10.3. The molecule has 1 rings (SSSR count). The summed E-state index contributed by atoms with van der Waals surface area (Å²) in [6.45, 7) is 7.84. The van der Waals surface area contributed by atoms with Crippen LogP contribution in [0, 0.1) is 17.2 Å². The highest BCUT2D eigenvalue weighted by Crippen LogP contribution is 2.20. The molecule has 0 saturated heterocycles. The molecule has 1 aromatic rings. The normalized spacial score (nSPS) is 10.8. The van der Waals surface area contributed by atoms with Crippen LogP contribution in [0.25, 0.3) is 0 Å². The molecule has 0 radical (unpaired) electrons. The minimum Gasteiger partial charge on any atom is -0.495 e. The van der Waals surface area contributed by atoms with Crippen LogP contribution in [-0.4, -0.2) is 38.8 Å². The molecule has 1 aromatic carbocycles. The molecule has 0 aliphatic heterocycles. The van der Waals surface area contributed by atoms with Crippen molar-refractivity contribution in [2.24, 2.45) is 5.92 Å². The van der Waals surface area contributed by atoms with E-state index in [1.54, 1.807) is 14.2 Å². The molecule has 0 aromatic heterocycles. The Labute approximate surface area is 121 Å². The maximum atomic E-state index is 9.13. The third kappa shape index (κ3) is 5.20. The van der Waals surface area contributed by atoms with Crippen LogP contribution in [0.3, 0.4) is 0 Å². The number of nitrogens with zero attached hydrogens (tertiary/aromatic N) is 2. The van der Waals surface area contributed by atoms with Gasteiger partial charge in [0.05, 0.1) is 19.3 Å². The van der Waals surface area contributed by atoms with E-state index in [4.69, 9.17) is 14.7 Å². The standard InChI is InChI=1S/C16H24N2O2/c1-13(2)11-18(7-8-19-3)12-14-5-6-16(20-4)15(9-14)10-17/h5-6,9,13H,7-8,11-12H2,1-4H3. The van der Waals surface area contributed by atoms with Crippen molar-refractivity contribution < 1.29 is 9.47 Å². The Bertz CT molecular complexity index is 452. The average Bonchev–Trinajstić information content (AvgIpc) is 2.44. The van der Waals surface area contributed by atoms with Crippen LogP contribution >= 0.6 is 0 Å². The molecule has 110 valence electrons. The predicted octanol–water partition coefficient (Wildman–Crippen LogP) is 2.67. The second kappa shape index (κ2) is 8.57. The van der Waals surface area contributed by atoms with Crippen LogP contribution in [-0.2, 0) is 11.3 Å². The van der Waals surface area contributed by atoms with Crippen molar-refractivity contribution in [2.75, 3.05) is 33.9 Å². The van der Waals surface area contributed by atoms with Gasteiger partial charge in [0.2, 0.25) is 0 Å². The minimum absolute atomic E-state index is 0.584. The molecular formula is C16H24N2O2. The largest absolute Gasteiger partial charge is 0.495 e. The zero-order chi connectivity index (χ0) is 15.0. The van der Waals surface area contributed by atoms with Crippen molar-refractivity contribution >= 4 is 0 Å². The fourth-order valence-corrected chi connectivity index (χ4v) is 2.17. The molecule has 0 spiro atoms. The van der Waals surface area contributed by atoms with Crippen LogP contribution < -0.4 is 4.74 Å². The van der Waals surface area contributed by atoms with Gasteiger partial charge in [0.25, 0.3) is 0 Å². The Kier molecular flexibility index (Phi) is 7.06. The molecule has 0 heterocycles. The zero-order valence-electron chi connectivity index (χ0n) is 12.8. The van der Waals surface area contributed by atoms with Crippen molar-refractivity contribution in [1.29, 1.82) is 5.26 Å². The van der Waals surface area contributed by atoms with Gasteiger partial charge in [0.15, 0.2) is 0 Å². The number of ether oxygens (including phenoxy) is 2. The van der Waals surface area contributed by atoms with E-state index in [9.17, 15) is 0 Å². The number of nitriles is 1. The van der Waals surface area contributed by atoms with Gasteiger partial charge in [-0.25, -0.2) is 0 Å². The van der Waals surface area contributed by atoms with Gasteiger partial charge in [-0.2, -0.15) is 5.26 Å². The zero-order valence-corrected chi connectivity index (χ0v) is 12.8. The van der Waals surface area contributed by atoms with Crippen molar-refractivity contribution in [3.8, 4) is 11.8 Å². The SMILES string of the molecule is COCCN(Cc1ccc(OC)c(C#N)c1)CC(C)C. The van der Waals surface area contributed by atoms with E-state index < -0.39 is 0 Å². The van der Waals surface area contributed by atoms with Crippen LogP contribution in [0.1, 0.15) is 25.0 Å². The maximum absolute atomic E-state index is 9.13. The first-order chi connectivity index (χ1) is 9.60. The van der Waals surface area contributed by atoms with Crippen molar-refractivity contribution in [3.63, 3.8) is 0 Å². The summed E-state index contributed by atoms with van der Waals surface area (Å²) in [4.78, 5) is 2.34. The van der Waals surface area contributed by atoms with Crippen molar-refractivity contribution in [2.45, 2.75) is 20.4 Å². The molecule has 0 atom stereocenters. The molecule has 0 unspecified atom stereocenters. The number of rotatable bonds is 8. The van der Waals surface area contributed by atoms with E-state index in [0.717, 1.165) is 25.2 Å². The topological polar surface area (TPSA) is 45.5 Å². The summed E-state index contributed by atoms with van der Waals surface area (Å²) in [5, 5.41) is 9.13. The van der Waals surface area contributed by atoms with Gasteiger partial charge in [-0.3, -0.25) is 4.90 Å². The lowest BCUT2D eigenvalue weighted by Crippen LogP contribution is -2.30. The molecule has 0 saturated carbocycles. The highest BCUT2D eigenvalue weighted by Gasteiger charge is 2.10. The summed E-state index contributed by atoms with van der Waals surface area (Å²) in [6, 6.07) is 7.95. The van der Waals surface area contributed by atoms with Crippen LogP contribution in [0.15, 0.2) is 18.2 Å². The minimum atomic E-state index is 0.584. The van der Waals surface area contributed by atoms with Gasteiger partial charge in [-0.1, -0.05) is 19.9 Å². The number of methoxy groups -OCH3 is 2. The smallest absolute Gasteiger partial charge is 0.136 e.